The Kier molecular flexibility index (Phi) is 4.77. The molecule has 2 rings (SSSR count). The molecule has 0 aromatic heterocycles. The molecule has 0 radical (unpaired) electrons. The van der Waals surface area contributed by atoms with E-state index in [4.69, 9.17) is 9.47 Å². The van der Waals surface area contributed by atoms with Gasteiger partial charge in [0.15, 0.2) is 11.6 Å². The van der Waals surface area contributed by atoms with Gasteiger partial charge in [0, 0.05) is 12.1 Å². The van der Waals surface area contributed by atoms with Crippen LogP contribution in [0.2, 0.25) is 0 Å². The van der Waals surface area contributed by atoms with Crippen LogP contribution in [0.15, 0.2) is 18.2 Å². The first-order valence-corrected chi connectivity index (χ1v) is 6.89. The van der Waals surface area contributed by atoms with Gasteiger partial charge in [-0.15, -0.1) is 0 Å². The van der Waals surface area contributed by atoms with E-state index in [1.807, 2.05) is 0 Å². The van der Waals surface area contributed by atoms with Crippen LogP contribution in [-0.2, 0) is 9.53 Å². The number of hydrogen-bond donors (Lipinski definition) is 0. The van der Waals surface area contributed by atoms with Crippen LogP contribution in [0.4, 0.5) is 4.39 Å². The van der Waals surface area contributed by atoms with Gasteiger partial charge in [0.1, 0.15) is 6.04 Å². The third-order valence-electron chi connectivity index (χ3n) is 3.47. The summed E-state index contributed by atoms with van der Waals surface area (Å²) in [4.78, 5) is 25.8. The van der Waals surface area contributed by atoms with Gasteiger partial charge in [0.05, 0.1) is 13.7 Å². The predicted octanol–water partition coefficient (Wildman–Crippen LogP) is 2.00. The lowest BCUT2D eigenvalue weighted by Gasteiger charge is -2.23. The van der Waals surface area contributed by atoms with Crippen LogP contribution in [0.5, 0.6) is 5.75 Å². The lowest BCUT2D eigenvalue weighted by Crippen LogP contribution is -2.41. The number of ether oxygens (including phenoxy) is 2. The maximum absolute atomic E-state index is 13.4. The molecule has 1 heterocycles. The van der Waals surface area contributed by atoms with Crippen molar-refractivity contribution in [3.63, 3.8) is 0 Å². The number of rotatable bonds is 4. The Balaban J connectivity index is 2.20. The predicted molar refractivity (Wildman–Crippen MR) is 73.6 cm³/mol. The number of benzene rings is 1. The quantitative estimate of drug-likeness (QED) is 0.797. The summed E-state index contributed by atoms with van der Waals surface area (Å²) in [5.74, 6) is -1.23. The number of likely N-dealkylation sites (tertiary alicyclic amines) is 1. The SMILES string of the molecule is CCOC(=O)C1CCCN1C(=O)c1ccc(F)c(OC)c1. The molecule has 0 N–H and O–H groups in total. The molecule has 1 saturated heterocycles. The average Bonchev–Trinajstić information content (AvgIpc) is 2.96. The van der Waals surface area contributed by atoms with Crippen LogP contribution in [0, 0.1) is 5.82 Å². The minimum atomic E-state index is -0.562. The fraction of sp³-hybridized carbons (Fsp3) is 0.467. The van der Waals surface area contributed by atoms with Crippen LogP contribution in [0.3, 0.4) is 0 Å². The summed E-state index contributed by atoms with van der Waals surface area (Å²) >= 11 is 0. The molecule has 0 aliphatic carbocycles. The molecule has 1 unspecified atom stereocenters. The Labute approximate surface area is 122 Å². The maximum Gasteiger partial charge on any atom is 0.328 e. The zero-order valence-corrected chi connectivity index (χ0v) is 12.1. The van der Waals surface area contributed by atoms with E-state index in [0.717, 1.165) is 6.42 Å². The van der Waals surface area contributed by atoms with Gasteiger partial charge in [-0.05, 0) is 38.0 Å². The smallest absolute Gasteiger partial charge is 0.328 e. The Morgan fingerprint density at radius 2 is 2.19 bits per heavy atom. The zero-order valence-electron chi connectivity index (χ0n) is 12.1. The van der Waals surface area contributed by atoms with Crippen LogP contribution in [0.1, 0.15) is 30.1 Å². The molecule has 114 valence electrons. The lowest BCUT2D eigenvalue weighted by molar-refractivity contribution is -0.147. The number of methoxy groups -OCH3 is 1. The van der Waals surface area contributed by atoms with Crippen molar-refractivity contribution in [3.05, 3.63) is 29.6 Å². The molecule has 0 bridgehead atoms. The van der Waals surface area contributed by atoms with Crippen molar-refractivity contribution in [3.8, 4) is 5.75 Å². The summed E-state index contributed by atoms with van der Waals surface area (Å²) in [7, 11) is 1.34. The van der Waals surface area contributed by atoms with E-state index in [1.165, 1.54) is 30.2 Å². The summed E-state index contributed by atoms with van der Waals surface area (Å²) in [6.45, 7) is 2.49. The summed E-state index contributed by atoms with van der Waals surface area (Å²) in [6.07, 6.45) is 1.33. The molecule has 1 aromatic rings. The summed E-state index contributed by atoms with van der Waals surface area (Å²) < 4.78 is 23.3. The molecule has 1 fully saturated rings. The number of carbonyl (C=O) groups is 2. The first kappa shape index (κ1) is 15.3. The number of carbonyl (C=O) groups excluding carboxylic acids is 2. The van der Waals surface area contributed by atoms with Gasteiger partial charge in [0.25, 0.3) is 5.91 Å². The Morgan fingerprint density at radius 3 is 2.86 bits per heavy atom. The number of halogens is 1. The Hall–Kier alpha value is -2.11. The van der Waals surface area contributed by atoms with Crippen molar-refractivity contribution in [1.29, 1.82) is 0 Å². The average molecular weight is 295 g/mol. The van der Waals surface area contributed by atoms with E-state index in [9.17, 15) is 14.0 Å². The monoisotopic (exact) mass is 295 g/mol. The summed E-state index contributed by atoms with van der Waals surface area (Å²) in [6, 6.07) is 3.36. The highest BCUT2D eigenvalue weighted by Gasteiger charge is 2.35. The number of nitrogens with zero attached hydrogens (tertiary/aromatic N) is 1. The highest BCUT2D eigenvalue weighted by Crippen LogP contribution is 2.24. The highest BCUT2D eigenvalue weighted by atomic mass is 19.1. The van der Waals surface area contributed by atoms with Crippen molar-refractivity contribution >= 4 is 11.9 Å². The molecule has 1 aliphatic heterocycles. The second kappa shape index (κ2) is 6.56. The molecule has 1 aliphatic rings. The van der Waals surface area contributed by atoms with Gasteiger partial charge in [0.2, 0.25) is 0 Å². The van der Waals surface area contributed by atoms with Crippen molar-refractivity contribution < 1.29 is 23.5 Å². The standard InChI is InChI=1S/C15H18FNO4/c1-3-21-15(19)12-5-4-8-17(12)14(18)10-6-7-11(16)13(9-10)20-2/h6-7,9,12H,3-5,8H2,1-2H3. The van der Waals surface area contributed by atoms with Gasteiger partial charge < -0.3 is 14.4 Å². The minimum absolute atomic E-state index is 0.00716. The maximum atomic E-state index is 13.4. The fourth-order valence-corrected chi connectivity index (χ4v) is 2.45. The Bertz CT molecular complexity index is 546. The molecular weight excluding hydrogens is 277 g/mol. The van der Waals surface area contributed by atoms with E-state index in [1.54, 1.807) is 6.92 Å². The molecule has 1 atom stereocenters. The molecular formula is C15H18FNO4. The molecule has 0 spiro atoms. The van der Waals surface area contributed by atoms with E-state index < -0.39 is 17.8 Å². The highest BCUT2D eigenvalue weighted by molar-refractivity contribution is 5.97. The largest absolute Gasteiger partial charge is 0.494 e. The number of hydrogen-bond acceptors (Lipinski definition) is 4. The van der Waals surface area contributed by atoms with Crippen LogP contribution in [-0.4, -0.2) is 43.1 Å². The first-order chi connectivity index (χ1) is 10.1. The molecule has 0 saturated carbocycles. The van der Waals surface area contributed by atoms with E-state index in [2.05, 4.69) is 0 Å². The van der Waals surface area contributed by atoms with Crippen LogP contribution >= 0.6 is 0 Å². The third-order valence-corrected chi connectivity index (χ3v) is 3.47. The second-order valence-corrected chi connectivity index (χ2v) is 4.76. The number of esters is 1. The zero-order chi connectivity index (χ0) is 15.4. The molecule has 5 nitrogen and oxygen atoms in total. The van der Waals surface area contributed by atoms with Gasteiger partial charge in [-0.2, -0.15) is 0 Å². The van der Waals surface area contributed by atoms with Gasteiger partial charge in [-0.3, -0.25) is 4.79 Å². The lowest BCUT2D eigenvalue weighted by atomic mass is 10.1. The molecule has 21 heavy (non-hydrogen) atoms. The minimum Gasteiger partial charge on any atom is -0.494 e. The van der Waals surface area contributed by atoms with Crippen molar-refractivity contribution in [2.45, 2.75) is 25.8 Å². The van der Waals surface area contributed by atoms with Crippen molar-refractivity contribution in [2.75, 3.05) is 20.3 Å². The summed E-state index contributed by atoms with van der Waals surface area (Å²) in [5, 5.41) is 0. The van der Waals surface area contributed by atoms with Crippen LogP contribution in [0.25, 0.3) is 0 Å². The third kappa shape index (κ3) is 3.15. The number of amides is 1. The van der Waals surface area contributed by atoms with Gasteiger partial charge in [-0.25, -0.2) is 9.18 Å². The van der Waals surface area contributed by atoms with E-state index in [0.29, 0.717) is 18.5 Å². The van der Waals surface area contributed by atoms with E-state index >= 15 is 0 Å². The second-order valence-electron chi connectivity index (χ2n) is 4.76. The normalized spacial score (nSPS) is 17.7. The van der Waals surface area contributed by atoms with E-state index in [-0.39, 0.29) is 18.3 Å². The van der Waals surface area contributed by atoms with Gasteiger partial charge >= 0.3 is 5.97 Å². The fourth-order valence-electron chi connectivity index (χ4n) is 2.45. The topological polar surface area (TPSA) is 55.8 Å². The Morgan fingerprint density at radius 1 is 1.43 bits per heavy atom. The molecule has 1 aromatic carbocycles. The van der Waals surface area contributed by atoms with Crippen LogP contribution < -0.4 is 4.74 Å². The summed E-state index contributed by atoms with van der Waals surface area (Å²) in [5.41, 5.74) is 0.296. The van der Waals surface area contributed by atoms with Crippen molar-refractivity contribution in [1.82, 2.24) is 4.90 Å². The van der Waals surface area contributed by atoms with Gasteiger partial charge in [-0.1, -0.05) is 0 Å². The molecule has 1 amide bonds. The van der Waals surface area contributed by atoms with Crippen molar-refractivity contribution in [2.24, 2.45) is 0 Å². The first-order valence-electron chi connectivity index (χ1n) is 6.89. The molecule has 6 heteroatoms.